The Morgan fingerprint density at radius 3 is 2.76 bits per heavy atom. The highest BCUT2D eigenvalue weighted by Gasteiger charge is 2.34. The quantitative estimate of drug-likeness (QED) is 0.808. The summed E-state index contributed by atoms with van der Waals surface area (Å²) < 4.78 is 5.74. The number of fused-ring (bicyclic) bond motifs is 1. The minimum atomic E-state index is 0.274. The maximum atomic E-state index is 13.1. The van der Waals surface area contributed by atoms with E-state index in [2.05, 4.69) is 42.2 Å². The molecule has 1 aliphatic heterocycles. The largest absolute Gasteiger partial charge is 0.493 e. The molecule has 2 aromatic rings. The smallest absolute Gasteiger partial charge is 0.223 e. The van der Waals surface area contributed by atoms with Crippen molar-refractivity contribution in [3.05, 3.63) is 65.2 Å². The second-order valence-electron chi connectivity index (χ2n) is 7.32. The van der Waals surface area contributed by atoms with Gasteiger partial charge in [0.1, 0.15) is 5.75 Å². The summed E-state index contributed by atoms with van der Waals surface area (Å²) in [5.41, 5.74) is 3.67. The van der Waals surface area contributed by atoms with Crippen molar-refractivity contribution >= 4 is 5.91 Å². The van der Waals surface area contributed by atoms with Gasteiger partial charge in [0.25, 0.3) is 0 Å². The first-order valence-electron chi connectivity index (χ1n) is 9.27. The van der Waals surface area contributed by atoms with E-state index in [1.54, 1.807) is 0 Å². The average Bonchev–Trinajstić information content (AvgIpc) is 3.45. The molecule has 1 heterocycles. The van der Waals surface area contributed by atoms with E-state index in [9.17, 15) is 4.79 Å². The Bertz CT molecular complexity index is 766. The first-order valence-corrected chi connectivity index (χ1v) is 9.27. The lowest BCUT2D eigenvalue weighted by atomic mass is 9.89. The van der Waals surface area contributed by atoms with E-state index in [1.807, 2.05) is 18.2 Å². The van der Waals surface area contributed by atoms with E-state index in [-0.39, 0.29) is 11.8 Å². The SMILES string of the molecule is Cc1cccc(CN(C(=O)CC2CCOc3ccccc32)C2CC2)c1. The van der Waals surface area contributed by atoms with Crippen LogP contribution in [0.5, 0.6) is 5.75 Å². The Hall–Kier alpha value is -2.29. The van der Waals surface area contributed by atoms with Crippen molar-refractivity contribution in [3.63, 3.8) is 0 Å². The average molecular weight is 335 g/mol. The summed E-state index contributed by atoms with van der Waals surface area (Å²) in [6.07, 6.45) is 3.79. The van der Waals surface area contributed by atoms with Crippen molar-refractivity contribution < 1.29 is 9.53 Å². The minimum absolute atomic E-state index is 0.274. The van der Waals surface area contributed by atoms with Gasteiger partial charge in [0, 0.05) is 19.0 Å². The van der Waals surface area contributed by atoms with Gasteiger partial charge in [-0.1, -0.05) is 48.0 Å². The molecule has 1 saturated carbocycles. The van der Waals surface area contributed by atoms with Crippen LogP contribution in [0.3, 0.4) is 0 Å². The Labute approximate surface area is 149 Å². The van der Waals surface area contributed by atoms with Crippen LogP contribution in [0.25, 0.3) is 0 Å². The molecule has 1 fully saturated rings. The summed E-state index contributed by atoms with van der Waals surface area (Å²) in [6.45, 7) is 3.54. The second kappa shape index (κ2) is 6.91. The lowest BCUT2D eigenvalue weighted by Gasteiger charge is -2.29. The van der Waals surface area contributed by atoms with Gasteiger partial charge >= 0.3 is 0 Å². The molecule has 3 heteroatoms. The van der Waals surface area contributed by atoms with Gasteiger partial charge in [-0.05, 0) is 49.3 Å². The zero-order valence-electron chi connectivity index (χ0n) is 14.8. The van der Waals surface area contributed by atoms with E-state index < -0.39 is 0 Å². The van der Waals surface area contributed by atoms with Crippen LogP contribution in [0, 0.1) is 6.92 Å². The van der Waals surface area contributed by atoms with Gasteiger partial charge in [-0.3, -0.25) is 4.79 Å². The first-order chi connectivity index (χ1) is 12.2. The molecule has 0 bridgehead atoms. The summed E-state index contributed by atoms with van der Waals surface area (Å²) in [4.78, 5) is 15.2. The van der Waals surface area contributed by atoms with Crippen molar-refractivity contribution in [2.45, 2.75) is 51.1 Å². The zero-order valence-corrected chi connectivity index (χ0v) is 14.8. The maximum Gasteiger partial charge on any atom is 0.223 e. The molecular weight excluding hydrogens is 310 g/mol. The normalized spacial score (nSPS) is 19.0. The topological polar surface area (TPSA) is 29.5 Å². The molecule has 0 aromatic heterocycles. The van der Waals surface area contributed by atoms with E-state index in [0.29, 0.717) is 19.1 Å². The molecule has 1 unspecified atom stereocenters. The molecule has 2 aromatic carbocycles. The molecule has 1 amide bonds. The molecule has 130 valence electrons. The third-order valence-electron chi connectivity index (χ3n) is 5.25. The Kier molecular flexibility index (Phi) is 4.48. The molecule has 1 aliphatic carbocycles. The molecular formula is C22H25NO2. The van der Waals surface area contributed by atoms with Gasteiger partial charge in [0.15, 0.2) is 0 Å². The third kappa shape index (κ3) is 3.71. The van der Waals surface area contributed by atoms with Gasteiger partial charge in [0.2, 0.25) is 5.91 Å². The number of hydrogen-bond acceptors (Lipinski definition) is 2. The molecule has 0 saturated heterocycles. The molecule has 0 N–H and O–H groups in total. The Morgan fingerprint density at radius 1 is 1.12 bits per heavy atom. The number of hydrogen-bond donors (Lipinski definition) is 0. The minimum Gasteiger partial charge on any atom is -0.493 e. The number of benzene rings is 2. The highest BCUT2D eigenvalue weighted by Crippen LogP contribution is 2.37. The number of amides is 1. The van der Waals surface area contributed by atoms with Crippen LogP contribution >= 0.6 is 0 Å². The summed E-state index contributed by atoms with van der Waals surface area (Å²) in [5.74, 6) is 1.50. The third-order valence-corrected chi connectivity index (χ3v) is 5.25. The number of aryl methyl sites for hydroxylation is 1. The number of para-hydroxylation sites is 1. The monoisotopic (exact) mass is 335 g/mol. The predicted molar refractivity (Wildman–Crippen MR) is 98.7 cm³/mol. The van der Waals surface area contributed by atoms with Crippen molar-refractivity contribution in [1.29, 1.82) is 0 Å². The van der Waals surface area contributed by atoms with Gasteiger partial charge in [-0.15, -0.1) is 0 Å². The van der Waals surface area contributed by atoms with Gasteiger partial charge in [0.05, 0.1) is 6.61 Å². The first kappa shape index (κ1) is 16.2. The maximum absolute atomic E-state index is 13.1. The van der Waals surface area contributed by atoms with Crippen molar-refractivity contribution in [2.75, 3.05) is 6.61 Å². The number of nitrogens with zero attached hydrogens (tertiary/aromatic N) is 1. The summed E-state index contributed by atoms with van der Waals surface area (Å²) in [7, 11) is 0. The van der Waals surface area contributed by atoms with Crippen LogP contribution < -0.4 is 4.74 Å². The Morgan fingerprint density at radius 2 is 1.96 bits per heavy atom. The van der Waals surface area contributed by atoms with E-state index >= 15 is 0 Å². The molecule has 25 heavy (non-hydrogen) atoms. The Balaban J connectivity index is 1.49. The van der Waals surface area contributed by atoms with Crippen molar-refractivity contribution in [2.24, 2.45) is 0 Å². The van der Waals surface area contributed by atoms with Crippen molar-refractivity contribution in [3.8, 4) is 5.75 Å². The molecule has 3 nitrogen and oxygen atoms in total. The fourth-order valence-corrected chi connectivity index (χ4v) is 3.77. The summed E-state index contributed by atoms with van der Waals surface area (Å²) >= 11 is 0. The highest BCUT2D eigenvalue weighted by atomic mass is 16.5. The second-order valence-corrected chi connectivity index (χ2v) is 7.32. The van der Waals surface area contributed by atoms with Crippen LogP contribution in [0.4, 0.5) is 0 Å². The predicted octanol–water partition coefficient (Wildman–Crippen LogP) is 4.44. The molecule has 0 radical (unpaired) electrons. The van der Waals surface area contributed by atoms with Crippen LogP contribution in [0.2, 0.25) is 0 Å². The van der Waals surface area contributed by atoms with E-state index in [1.165, 1.54) is 16.7 Å². The summed E-state index contributed by atoms with van der Waals surface area (Å²) in [6, 6.07) is 17.1. The number of ether oxygens (including phenoxy) is 1. The number of carbonyl (C=O) groups excluding carboxylic acids is 1. The molecule has 0 spiro atoms. The van der Waals surface area contributed by atoms with Crippen LogP contribution in [-0.4, -0.2) is 23.5 Å². The lowest BCUT2D eigenvalue weighted by molar-refractivity contribution is -0.133. The van der Waals surface area contributed by atoms with Gasteiger partial charge < -0.3 is 9.64 Å². The van der Waals surface area contributed by atoms with E-state index in [4.69, 9.17) is 4.74 Å². The summed E-state index contributed by atoms with van der Waals surface area (Å²) in [5, 5.41) is 0. The number of rotatable bonds is 5. The molecule has 1 atom stereocenters. The van der Waals surface area contributed by atoms with Crippen molar-refractivity contribution in [1.82, 2.24) is 4.90 Å². The van der Waals surface area contributed by atoms with Gasteiger partial charge in [-0.2, -0.15) is 0 Å². The van der Waals surface area contributed by atoms with Crippen LogP contribution in [0.15, 0.2) is 48.5 Å². The van der Waals surface area contributed by atoms with Crippen LogP contribution in [-0.2, 0) is 11.3 Å². The van der Waals surface area contributed by atoms with Crippen LogP contribution in [0.1, 0.15) is 48.3 Å². The molecule has 4 rings (SSSR count). The standard InChI is InChI=1S/C22H25NO2/c1-16-5-4-6-17(13-16)15-23(19-9-10-19)22(24)14-18-11-12-25-21-8-3-2-7-20(18)21/h2-8,13,18-19H,9-12,14-15H2,1H3. The zero-order chi connectivity index (χ0) is 17.2. The fourth-order valence-electron chi connectivity index (χ4n) is 3.77. The highest BCUT2D eigenvalue weighted by molar-refractivity contribution is 5.78. The van der Waals surface area contributed by atoms with E-state index in [0.717, 1.165) is 31.6 Å². The molecule has 2 aliphatic rings. The lowest BCUT2D eigenvalue weighted by Crippen LogP contribution is -2.34. The number of carbonyl (C=O) groups is 1. The van der Waals surface area contributed by atoms with Gasteiger partial charge in [-0.25, -0.2) is 0 Å². The fraction of sp³-hybridized carbons (Fsp3) is 0.409.